The highest BCUT2D eigenvalue weighted by molar-refractivity contribution is 6.09. The fourth-order valence-electron chi connectivity index (χ4n) is 4.28. The smallest absolute Gasteiger partial charge is 0.326 e. The molecule has 29 heavy (non-hydrogen) atoms. The molecular weight excluding hydrogens is 372 g/mol. The Morgan fingerprint density at radius 3 is 2.69 bits per heavy atom. The van der Waals surface area contributed by atoms with E-state index in [2.05, 4.69) is 5.32 Å². The lowest BCUT2D eigenvalue weighted by Crippen LogP contribution is -2.54. The molecule has 1 N–H and O–H groups in total. The van der Waals surface area contributed by atoms with Crippen LogP contribution in [0.2, 0.25) is 0 Å². The van der Waals surface area contributed by atoms with Crippen molar-refractivity contribution >= 4 is 23.7 Å². The molecule has 1 aromatic carbocycles. The van der Waals surface area contributed by atoms with Crippen molar-refractivity contribution in [3.8, 4) is 0 Å². The van der Waals surface area contributed by atoms with Crippen LogP contribution in [-0.2, 0) is 14.3 Å². The summed E-state index contributed by atoms with van der Waals surface area (Å²) in [5, 5.41) is 2.80. The number of esters is 1. The quantitative estimate of drug-likeness (QED) is 0.466. The van der Waals surface area contributed by atoms with Gasteiger partial charge in [-0.2, -0.15) is 0 Å². The number of rotatable bonds is 5. The van der Waals surface area contributed by atoms with Gasteiger partial charge in [0.25, 0.3) is 5.91 Å². The summed E-state index contributed by atoms with van der Waals surface area (Å²) in [4.78, 5) is 51.3. The molecule has 0 bridgehead atoms. The normalized spacial score (nSPS) is 25.1. The van der Waals surface area contributed by atoms with Gasteiger partial charge in [-0.3, -0.25) is 19.3 Å². The fraction of sp³-hybridized carbons (Fsp3) is 0.545. The minimum atomic E-state index is -1.01. The van der Waals surface area contributed by atoms with E-state index in [4.69, 9.17) is 4.74 Å². The van der Waals surface area contributed by atoms with Gasteiger partial charge in [0.2, 0.25) is 5.78 Å². The molecule has 1 aromatic rings. The van der Waals surface area contributed by atoms with Gasteiger partial charge in [-0.25, -0.2) is 4.79 Å². The highest BCUT2D eigenvalue weighted by Crippen LogP contribution is 2.38. The zero-order valence-electron chi connectivity index (χ0n) is 17.4. The number of benzene rings is 1. The van der Waals surface area contributed by atoms with E-state index in [1.807, 2.05) is 32.9 Å². The van der Waals surface area contributed by atoms with Crippen LogP contribution in [0, 0.1) is 19.8 Å². The molecule has 1 aliphatic heterocycles. The number of ketones is 1. The summed E-state index contributed by atoms with van der Waals surface area (Å²) >= 11 is 0. The first-order valence-electron chi connectivity index (χ1n) is 10.1. The Kier molecular flexibility index (Phi) is 5.78. The molecule has 3 amide bonds. The van der Waals surface area contributed by atoms with E-state index in [9.17, 15) is 19.2 Å². The molecule has 1 saturated carbocycles. The third kappa shape index (κ3) is 3.91. The van der Waals surface area contributed by atoms with Crippen LogP contribution in [0.4, 0.5) is 4.79 Å². The second-order valence-electron chi connectivity index (χ2n) is 8.25. The molecule has 2 fully saturated rings. The van der Waals surface area contributed by atoms with E-state index in [1.165, 1.54) is 6.92 Å². The lowest BCUT2D eigenvalue weighted by atomic mass is 9.73. The van der Waals surface area contributed by atoms with Gasteiger partial charge in [0.15, 0.2) is 6.10 Å². The Morgan fingerprint density at radius 1 is 1.28 bits per heavy atom. The van der Waals surface area contributed by atoms with E-state index in [0.717, 1.165) is 35.3 Å². The lowest BCUT2D eigenvalue weighted by Gasteiger charge is -2.36. The van der Waals surface area contributed by atoms with Crippen LogP contribution in [0.1, 0.15) is 61.0 Å². The van der Waals surface area contributed by atoms with Gasteiger partial charge in [0.1, 0.15) is 12.1 Å². The van der Waals surface area contributed by atoms with Crippen LogP contribution in [0.3, 0.4) is 0 Å². The Labute approximate surface area is 170 Å². The summed E-state index contributed by atoms with van der Waals surface area (Å²) in [5.74, 6) is -1.45. The van der Waals surface area contributed by atoms with Crippen molar-refractivity contribution in [3.05, 3.63) is 34.9 Å². The fourth-order valence-corrected chi connectivity index (χ4v) is 4.28. The number of hydrogen-bond donors (Lipinski definition) is 1. The minimum Gasteiger partial charge on any atom is -0.453 e. The van der Waals surface area contributed by atoms with Crippen LogP contribution in [-0.4, -0.2) is 46.8 Å². The van der Waals surface area contributed by atoms with Gasteiger partial charge in [-0.15, -0.1) is 0 Å². The zero-order valence-corrected chi connectivity index (χ0v) is 17.4. The standard InChI is InChI=1S/C22H28N2O5/c1-13-8-9-14(2)17(11-13)19(26)16(4)29-18(25)12-24-20(27)22(23-21(24)28)10-6-5-7-15(22)3/h8-9,11,15-16H,5-7,10,12H2,1-4H3,(H,23,28)/t15-,16-,22-/m0/s1. The molecule has 3 atom stereocenters. The SMILES string of the molecule is Cc1ccc(C)c(C(=O)[C@H](C)OC(=O)CN2C(=O)N[C@]3(CCCC[C@@H]3C)C2=O)c1. The molecule has 0 radical (unpaired) electrons. The maximum absolute atomic E-state index is 12.9. The first-order valence-corrected chi connectivity index (χ1v) is 10.1. The van der Waals surface area contributed by atoms with Crippen LogP contribution in [0.25, 0.3) is 0 Å². The number of carbonyl (C=O) groups is 4. The lowest BCUT2D eigenvalue weighted by molar-refractivity contribution is -0.150. The number of nitrogens with one attached hydrogen (secondary N) is 1. The van der Waals surface area contributed by atoms with E-state index >= 15 is 0 Å². The highest BCUT2D eigenvalue weighted by Gasteiger charge is 2.55. The van der Waals surface area contributed by atoms with Crippen molar-refractivity contribution in [1.29, 1.82) is 0 Å². The van der Waals surface area contributed by atoms with E-state index in [0.29, 0.717) is 12.0 Å². The molecule has 1 spiro atoms. The summed E-state index contributed by atoms with van der Waals surface area (Å²) in [7, 11) is 0. The number of urea groups is 1. The van der Waals surface area contributed by atoms with Crippen molar-refractivity contribution in [2.45, 2.75) is 65.0 Å². The second kappa shape index (κ2) is 7.97. The third-order valence-corrected chi connectivity index (χ3v) is 6.12. The van der Waals surface area contributed by atoms with Crippen LogP contribution < -0.4 is 5.32 Å². The molecule has 156 valence electrons. The van der Waals surface area contributed by atoms with Gasteiger partial charge >= 0.3 is 12.0 Å². The second-order valence-corrected chi connectivity index (χ2v) is 8.25. The first kappa shape index (κ1) is 21.0. The van der Waals surface area contributed by atoms with Gasteiger partial charge in [-0.05, 0) is 51.2 Å². The monoisotopic (exact) mass is 400 g/mol. The molecule has 2 aliphatic rings. The highest BCUT2D eigenvalue weighted by atomic mass is 16.5. The average Bonchev–Trinajstić information content (AvgIpc) is 2.90. The van der Waals surface area contributed by atoms with Crippen molar-refractivity contribution < 1.29 is 23.9 Å². The Hall–Kier alpha value is -2.70. The van der Waals surface area contributed by atoms with Crippen molar-refractivity contribution in [2.75, 3.05) is 6.54 Å². The summed E-state index contributed by atoms with van der Waals surface area (Å²) < 4.78 is 5.26. The summed E-state index contributed by atoms with van der Waals surface area (Å²) in [6.07, 6.45) is 2.30. The maximum atomic E-state index is 12.9. The maximum Gasteiger partial charge on any atom is 0.326 e. The predicted octanol–water partition coefficient (Wildman–Crippen LogP) is 2.92. The predicted molar refractivity (Wildman–Crippen MR) is 106 cm³/mol. The molecule has 1 heterocycles. The number of hydrogen-bond acceptors (Lipinski definition) is 5. The van der Waals surface area contributed by atoms with Gasteiger partial charge in [0.05, 0.1) is 0 Å². The summed E-state index contributed by atoms with van der Waals surface area (Å²) in [6.45, 7) is 6.65. The van der Waals surface area contributed by atoms with Crippen molar-refractivity contribution in [2.24, 2.45) is 5.92 Å². The largest absolute Gasteiger partial charge is 0.453 e. The van der Waals surface area contributed by atoms with Crippen LogP contribution in [0.5, 0.6) is 0 Å². The molecular formula is C22H28N2O5. The molecule has 1 saturated heterocycles. The van der Waals surface area contributed by atoms with E-state index in [-0.39, 0.29) is 17.6 Å². The number of nitrogens with zero attached hydrogens (tertiary/aromatic N) is 1. The topological polar surface area (TPSA) is 92.8 Å². The number of Topliss-reactive ketones (excluding diaryl/α,β-unsaturated/α-hetero) is 1. The molecule has 3 rings (SSSR count). The minimum absolute atomic E-state index is 0.0125. The van der Waals surface area contributed by atoms with Crippen molar-refractivity contribution in [3.63, 3.8) is 0 Å². The van der Waals surface area contributed by atoms with Crippen molar-refractivity contribution in [1.82, 2.24) is 10.2 Å². The number of imide groups is 1. The Balaban J connectivity index is 1.66. The third-order valence-electron chi connectivity index (χ3n) is 6.12. The molecule has 1 aliphatic carbocycles. The zero-order chi connectivity index (χ0) is 21.3. The van der Waals surface area contributed by atoms with Gasteiger partial charge in [-0.1, -0.05) is 37.5 Å². The first-order chi connectivity index (χ1) is 13.7. The van der Waals surface area contributed by atoms with Gasteiger partial charge in [0, 0.05) is 5.56 Å². The number of ether oxygens (including phenoxy) is 1. The summed E-state index contributed by atoms with van der Waals surface area (Å²) in [6, 6.07) is 4.93. The van der Waals surface area contributed by atoms with Crippen LogP contribution in [0.15, 0.2) is 18.2 Å². The number of aryl methyl sites for hydroxylation is 2. The molecule has 0 unspecified atom stereocenters. The Bertz CT molecular complexity index is 865. The van der Waals surface area contributed by atoms with E-state index in [1.54, 1.807) is 6.07 Å². The number of carbonyl (C=O) groups excluding carboxylic acids is 4. The molecule has 0 aromatic heterocycles. The van der Waals surface area contributed by atoms with Crippen LogP contribution >= 0.6 is 0 Å². The Morgan fingerprint density at radius 2 is 2.00 bits per heavy atom. The van der Waals surface area contributed by atoms with Gasteiger partial charge < -0.3 is 10.1 Å². The molecule has 7 heteroatoms. The number of amides is 3. The summed E-state index contributed by atoms with van der Waals surface area (Å²) in [5.41, 5.74) is 1.31. The van der Waals surface area contributed by atoms with E-state index < -0.39 is 30.2 Å². The molecule has 7 nitrogen and oxygen atoms in total. The average molecular weight is 400 g/mol.